The molecular weight excluding hydrogens is 414 g/mol. The number of amides is 1. The monoisotopic (exact) mass is 441 g/mol. The Morgan fingerprint density at radius 2 is 1.71 bits per heavy atom. The van der Waals surface area contributed by atoms with E-state index in [1.165, 1.54) is 18.7 Å². The number of benzene rings is 2. The lowest BCUT2D eigenvalue weighted by molar-refractivity contribution is -0.130. The first-order valence-corrected chi connectivity index (χ1v) is 11.2. The van der Waals surface area contributed by atoms with Gasteiger partial charge in [-0.15, -0.1) is 16.7 Å². The molecule has 0 N–H and O–H groups in total. The molecule has 1 aliphatic heterocycles. The number of thioether (sulfide) groups is 1. The van der Waals surface area contributed by atoms with Gasteiger partial charge in [-0.05, 0) is 81.0 Å². The molecule has 3 rings (SSSR count). The number of nitroso groups, excluding NO2 is 1. The molecule has 1 aliphatic rings. The molecule has 164 valence electrons. The molecule has 1 fully saturated rings. The Balaban J connectivity index is 1.88. The second-order valence-corrected chi connectivity index (χ2v) is 8.80. The number of carbonyl (C=O) groups is 1. The number of nitrogens with zero attached hydrogens (tertiary/aromatic N) is 1. The van der Waals surface area contributed by atoms with Gasteiger partial charge in [-0.3, -0.25) is 4.79 Å². The minimum Gasteiger partial charge on any atom is -0.477 e. The van der Waals surface area contributed by atoms with Crippen LogP contribution >= 0.6 is 11.8 Å². The van der Waals surface area contributed by atoms with Crippen LogP contribution in [0, 0.1) is 18.8 Å². The van der Waals surface area contributed by atoms with Crippen molar-refractivity contribution in [2.24, 2.45) is 5.18 Å². The van der Waals surface area contributed by atoms with Gasteiger partial charge in [0.2, 0.25) is 5.79 Å². The van der Waals surface area contributed by atoms with Crippen LogP contribution in [0.1, 0.15) is 36.1 Å². The van der Waals surface area contributed by atoms with E-state index in [4.69, 9.17) is 14.2 Å². The minimum atomic E-state index is -1.33. The van der Waals surface area contributed by atoms with Crippen molar-refractivity contribution >= 4 is 23.7 Å². The number of rotatable bonds is 7. The average molecular weight is 442 g/mol. The van der Waals surface area contributed by atoms with E-state index in [2.05, 4.69) is 17.3 Å². The quantitative estimate of drug-likeness (QED) is 0.424. The number of ether oxygens (including phenoxy) is 3. The summed E-state index contributed by atoms with van der Waals surface area (Å²) in [6, 6.07) is 12.1. The molecular formula is C24H27NO5S. The summed E-state index contributed by atoms with van der Waals surface area (Å²) in [7, 11) is 0. The second kappa shape index (κ2) is 9.34. The van der Waals surface area contributed by atoms with Crippen molar-refractivity contribution in [2.75, 3.05) is 19.5 Å². The predicted molar refractivity (Wildman–Crippen MR) is 122 cm³/mol. The SMILES string of the molecule is CSc1ccc(C2(/C=C/c3cc(C)c(OC(C)(C)C(=O)N=O)c(C)c3)OCCO2)cc1. The first-order chi connectivity index (χ1) is 14.7. The van der Waals surface area contributed by atoms with Crippen molar-refractivity contribution < 1.29 is 19.0 Å². The van der Waals surface area contributed by atoms with Gasteiger partial charge in [0.1, 0.15) is 5.75 Å². The molecule has 0 radical (unpaired) electrons. The summed E-state index contributed by atoms with van der Waals surface area (Å²) >= 11 is 1.68. The van der Waals surface area contributed by atoms with E-state index in [1.807, 2.05) is 56.5 Å². The predicted octanol–water partition coefficient (Wildman–Crippen LogP) is 5.39. The van der Waals surface area contributed by atoms with Crippen molar-refractivity contribution in [2.45, 2.75) is 44.0 Å². The largest absolute Gasteiger partial charge is 0.477 e. The molecule has 1 saturated heterocycles. The van der Waals surface area contributed by atoms with Crippen LogP contribution in [-0.4, -0.2) is 31.0 Å². The third-order valence-electron chi connectivity index (χ3n) is 5.14. The summed E-state index contributed by atoms with van der Waals surface area (Å²) in [4.78, 5) is 23.6. The molecule has 0 unspecified atom stereocenters. The van der Waals surface area contributed by atoms with E-state index in [0.717, 1.165) is 22.3 Å². The van der Waals surface area contributed by atoms with Crippen LogP contribution in [-0.2, 0) is 20.1 Å². The summed E-state index contributed by atoms with van der Waals surface area (Å²) in [5.74, 6) is -1.20. The fourth-order valence-electron chi connectivity index (χ4n) is 3.47. The Labute approximate surface area is 186 Å². The molecule has 31 heavy (non-hydrogen) atoms. The highest BCUT2D eigenvalue weighted by Gasteiger charge is 2.36. The van der Waals surface area contributed by atoms with Crippen molar-refractivity contribution in [1.29, 1.82) is 0 Å². The maximum Gasteiger partial charge on any atom is 0.328 e. The molecule has 2 aromatic carbocycles. The molecule has 0 atom stereocenters. The molecule has 0 spiro atoms. The lowest BCUT2D eigenvalue weighted by Crippen LogP contribution is -2.37. The molecule has 0 saturated carbocycles. The first kappa shape index (κ1) is 23.2. The van der Waals surface area contributed by atoms with Crippen molar-refractivity contribution in [3.05, 3.63) is 69.6 Å². The number of aryl methyl sites for hydroxylation is 2. The maximum absolute atomic E-state index is 11.7. The fourth-order valence-corrected chi connectivity index (χ4v) is 3.87. The van der Waals surface area contributed by atoms with Gasteiger partial charge in [0, 0.05) is 15.6 Å². The van der Waals surface area contributed by atoms with Crippen LogP contribution in [0.3, 0.4) is 0 Å². The fraction of sp³-hybridized carbons (Fsp3) is 0.375. The van der Waals surface area contributed by atoms with Crippen LogP contribution in [0.15, 0.2) is 52.5 Å². The van der Waals surface area contributed by atoms with E-state index in [9.17, 15) is 9.70 Å². The number of carbonyl (C=O) groups excluding carboxylic acids is 1. The Morgan fingerprint density at radius 1 is 1.13 bits per heavy atom. The van der Waals surface area contributed by atoms with Crippen LogP contribution in [0.25, 0.3) is 6.08 Å². The Kier molecular flexibility index (Phi) is 6.99. The van der Waals surface area contributed by atoms with E-state index in [0.29, 0.717) is 19.0 Å². The standard InChI is InChI=1S/C24H27NO5S/c1-16-14-18(15-17(2)21(16)30-23(3,4)22(26)25-27)10-11-24(28-12-13-29-24)19-6-8-20(31-5)9-7-19/h6-11,14-15H,12-13H2,1-5H3/b11-10+. The van der Waals surface area contributed by atoms with Gasteiger partial charge >= 0.3 is 5.91 Å². The van der Waals surface area contributed by atoms with E-state index in [1.54, 1.807) is 11.8 Å². The molecule has 0 bridgehead atoms. The minimum absolute atomic E-state index is 0.521. The van der Waals surface area contributed by atoms with Gasteiger partial charge < -0.3 is 14.2 Å². The molecule has 1 amide bonds. The number of hydrogen-bond acceptors (Lipinski definition) is 6. The lowest BCUT2D eigenvalue weighted by atomic mass is 10.0. The van der Waals surface area contributed by atoms with Crippen molar-refractivity contribution in [1.82, 2.24) is 0 Å². The molecule has 2 aromatic rings. The van der Waals surface area contributed by atoms with Gasteiger partial charge in [0.25, 0.3) is 0 Å². The number of hydrogen-bond donors (Lipinski definition) is 0. The van der Waals surface area contributed by atoms with Crippen molar-refractivity contribution in [3.8, 4) is 5.75 Å². The Hall–Kier alpha value is -2.48. The molecule has 0 aromatic heterocycles. The highest BCUT2D eigenvalue weighted by molar-refractivity contribution is 7.98. The maximum atomic E-state index is 11.7. The molecule has 7 heteroatoms. The summed E-state index contributed by atoms with van der Waals surface area (Å²) in [5, 5.41) is 2.50. The second-order valence-electron chi connectivity index (χ2n) is 7.92. The summed E-state index contributed by atoms with van der Waals surface area (Å²) in [5.41, 5.74) is 2.25. The molecule has 1 heterocycles. The average Bonchev–Trinajstić information content (AvgIpc) is 3.24. The Morgan fingerprint density at radius 3 is 2.23 bits per heavy atom. The van der Waals surface area contributed by atoms with Crippen LogP contribution in [0.5, 0.6) is 5.75 Å². The third-order valence-corrected chi connectivity index (χ3v) is 5.89. The van der Waals surface area contributed by atoms with Crippen LogP contribution in [0.2, 0.25) is 0 Å². The summed E-state index contributed by atoms with van der Waals surface area (Å²) < 4.78 is 17.8. The third kappa shape index (κ3) is 5.06. The first-order valence-electron chi connectivity index (χ1n) is 10.0. The Bertz CT molecular complexity index is 969. The smallest absolute Gasteiger partial charge is 0.328 e. The zero-order valence-corrected chi connectivity index (χ0v) is 19.2. The normalized spacial score (nSPS) is 15.9. The van der Waals surface area contributed by atoms with Crippen molar-refractivity contribution in [3.63, 3.8) is 0 Å². The zero-order valence-electron chi connectivity index (χ0n) is 18.4. The van der Waals surface area contributed by atoms with E-state index in [-0.39, 0.29) is 0 Å². The van der Waals surface area contributed by atoms with Gasteiger partial charge in [0.05, 0.1) is 13.2 Å². The summed E-state index contributed by atoms with van der Waals surface area (Å²) in [6.07, 6.45) is 5.92. The summed E-state index contributed by atoms with van der Waals surface area (Å²) in [6.45, 7) is 7.90. The topological polar surface area (TPSA) is 74.2 Å². The molecule has 6 nitrogen and oxygen atoms in total. The van der Waals surface area contributed by atoms with Crippen LogP contribution < -0.4 is 4.74 Å². The highest BCUT2D eigenvalue weighted by atomic mass is 32.2. The lowest BCUT2D eigenvalue weighted by Gasteiger charge is -2.25. The van der Waals surface area contributed by atoms with Crippen LogP contribution in [0.4, 0.5) is 0 Å². The zero-order chi connectivity index (χ0) is 22.6. The van der Waals surface area contributed by atoms with Gasteiger partial charge in [-0.25, -0.2) is 0 Å². The van der Waals surface area contributed by atoms with Gasteiger partial charge in [-0.1, -0.05) is 18.2 Å². The molecule has 0 aliphatic carbocycles. The van der Waals surface area contributed by atoms with Gasteiger partial charge in [0.15, 0.2) is 5.60 Å². The van der Waals surface area contributed by atoms with E-state index < -0.39 is 17.3 Å². The highest BCUT2D eigenvalue weighted by Crippen LogP contribution is 2.35. The van der Waals surface area contributed by atoms with Gasteiger partial charge in [-0.2, -0.15) is 0 Å². The van der Waals surface area contributed by atoms with E-state index >= 15 is 0 Å².